The molecular weight excluding hydrogens is 327 g/mol. The molecule has 1 aromatic carbocycles. The Hall–Kier alpha value is -2.90. The van der Waals surface area contributed by atoms with Crippen LogP contribution >= 0.6 is 0 Å². The number of rotatable bonds is 3. The molecule has 2 aromatic rings. The lowest BCUT2D eigenvalue weighted by Crippen LogP contribution is -2.50. The van der Waals surface area contributed by atoms with E-state index in [1.165, 1.54) is 12.1 Å². The van der Waals surface area contributed by atoms with Crippen molar-refractivity contribution in [3.05, 3.63) is 41.9 Å². The van der Waals surface area contributed by atoms with Crippen LogP contribution in [0, 0.1) is 12.7 Å². The molecule has 0 bridgehead atoms. The molecule has 2 N–H and O–H groups in total. The van der Waals surface area contributed by atoms with E-state index in [1.54, 1.807) is 25.1 Å². The number of hydrogen-bond acceptors (Lipinski definition) is 5. The molecule has 1 saturated heterocycles. The maximum atomic E-state index is 13.9. The zero-order valence-electron chi connectivity index (χ0n) is 13.8. The van der Waals surface area contributed by atoms with Gasteiger partial charge in [0.1, 0.15) is 11.6 Å². The van der Waals surface area contributed by atoms with Crippen LogP contribution in [0.4, 0.5) is 15.9 Å². The molecule has 1 atom stereocenters. The van der Waals surface area contributed by atoms with Crippen molar-refractivity contribution in [3.63, 3.8) is 0 Å². The number of anilines is 2. The highest BCUT2D eigenvalue weighted by Gasteiger charge is 2.25. The van der Waals surface area contributed by atoms with Crippen LogP contribution in [0.15, 0.2) is 34.9 Å². The molecule has 2 amide bonds. The summed E-state index contributed by atoms with van der Waals surface area (Å²) in [6.07, 6.45) is 1.52. The van der Waals surface area contributed by atoms with Gasteiger partial charge in [-0.15, -0.1) is 0 Å². The number of aryl methyl sites for hydroxylation is 1. The summed E-state index contributed by atoms with van der Waals surface area (Å²) < 4.78 is 18.8. The number of amides is 2. The fourth-order valence-corrected chi connectivity index (χ4v) is 2.87. The predicted molar refractivity (Wildman–Crippen MR) is 89.6 cm³/mol. The second kappa shape index (κ2) is 7.33. The lowest BCUT2D eigenvalue weighted by molar-refractivity contribution is -0.136. The van der Waals surface area contributed by atoms with E-state index in [2.05, 4.69) is 15.8 Å². The number of aromatic nitrogens is 1. The summed E-state index contributed by atoms with van der Waals surface area (Å²) >= 11 is 0. The Balaban J connectivity index is 1.57. The minimum absolute atomic E-state index is 0.189. The fraction of sp³-hybridized carbons (Fsp3) is 0.353. The van der Waals surface area contributed by atoms with Gasteiger partial charge >= 0.3 is 11.8 Å². The molecule has 0 radical (unpaired) electrons. The Morgan fingerprint density at radius 2 is 2.12 bits per heavy atom. The van der Waals surface area contributed by atoms with Crippen LogP contribution in [0.25, 0.3) is 0 Å². The zero-order chi connectivity index (χ0) is 17.8. The van der Waals surface area contributed by atoms with Crippen molar-refractivity contribution < 1.29 is 18.5 Å². The Morgan fingerprint density at radius 1 is 1.32 bits per heavy atom. The zero-order valence-corrected chi connectivity index (χ0v) is 13.8. The van der Waals surface area contributed by atoms with Gasteiger partial charge in [0.25, 0.3) is 0 Å². The molecule has 132 valence electrons. The standard InChI is InChI=1S/C17H19FN4O3/c1-11-9-15(21-25-11)20-17(24)16(23)19-12-5-4-8-22(10-12)14-7-3-2-6-13(14)18/h2-3,6-7,9,12H,4-5,8,10H2,1H3,(H,19,23)(H,20,21,24)/t12-/m1/s1. The highest BCUT2D eigenvalue weighted by molar-refractivity contribution is 6.39. The lowest BCUT2D eigenvalue weighted by atomic mass is 10.0. The minimum Gasteiger partial charge on any atom is -0.367 e. The van der Waals surface area contributed by atoms with Gasteiger partial charge in [0.2, 0.25) is 0 Å². The monoisotopic (exact) mass is 346 g/mol. The van der Waals surface area contributed by atoms with E-state index in [4.69, 9.17) is 4.52 Å². The molecule has 2 heterocycles. The van der Waals surface area contributed by atoms with Gasteiger partial charge < -0.3 is 14.7 Å². The van der Waals surface area contributed by atoms with E-state index >= 15 is 0 Å². The maximum Gasteiger partial charge on any atom is 0.314 e. The van der Waals surface area contributed by atoms with Crippen molar-refractivity contribution in [2.75, 3.05) is 23.3 Å². The first-order valence-electron chi connectivity index (χ1n) is 8.07. The Bertz CT molecular complexity index is 777. The van der Waals surface area contributed by atoms with E-state index in [9.17, 15) is 14.0 Å². The molecular formula is C17H19FN4O3. The number of carbonyl (C=O) groups excluding carboxylic acids is 2. The summed E-state index contributed by atoms with van der Waals surface area (Å²) in [6.45, 7) is 2.84. The van der Waals surface area contributed by atoms with Crippen molar-refractivity contribution in [2.45, 2.75) is 25.8 Å². The van der Waals surface area contributed by atoms with Gasteiger partial charge in [-0.3, -0.25) is 14.9 Å². The molecule has 1 aromatic heterocycles. The number of piperidine rings is 1. The van der Waals surface area contributed by atoms with Crippen LogP contribution in [0.2, 0.25) is 0 Å². The van der Waals surface area contributed by atoms with E-state index in [0.717, 1.165) is 12.8 Å². The quantitative estimate of drug-likeness (QED) is 0.828. The van der Waals surface area contributed by atoms with Crippen LogP contribution in [-0.2, 0) is 9.59 Å². The third-order valence-electron chi connectivity index (χ3n) is 4.03. The smallest absolute Gasteiger partial charge is 0.314 e. The highest BCUT2D eigenvalue weighted by atomic mass is 19.1. The number of benzene rings is 1. The van der Waals surface area contributed by atoms with Gasteiger partial charge in [-0.05, 0) is 31.9 Å². The van der Waals surface area contributed by atoms with Gasteiger partial charge in [0, 0.05) is 25.2 Å². The van der Waals surface area contributed by atoms with Gasteiger partial charge in [0.15, 0.2) is 5.82 Å². The number of nitrogens with zero attached hydrogens (tertiary/aromatic N) is 2. The first kappa shape index (κ1) is 16.9. The van der Waals surface area contributed by atoms with E-state index in [1.807, 2.05) is 4.90 Å². The summed E-state index contributed by atoms with van der Waals surface area (Å²) in [5.41, 5.74) is 0.504. The first-order chi connectivity index (χ1) is 12.0. The average Bonchev–Trinajstić information content (AvgIpc) is 3.00. The molecule has 1 aliphatic heterocycles. The molecule has 1 fully saturated rings. The molecule has 0 spiro atoms. The molecule has 0 aliphatic carbocycles. The minimum atomic E-state index is -0.809. The van der Waals surface area contributed by atoms with Crippen molar-refractivity contribution in [1.29, 1.82) is 0 Å². The summed E-state index contributed by atoms with van der Waals surface area (Å²) in [7, 11) is 0. The van der Waals surface area contributed by atoms with Crippen LogP contribution < -0.4 is 15.5 Å². The number of nitrogens with one attached hydrogen (secondary N) is 2. The first-order valence-corrected chi connectivity index (χ1v) is 8.07. The number of para-hydroxylation sites is 1. The Kier molecular flexibility index (Phi) is 4.97. The topological polar surface area (TPSA) is 87.5 Å². The van der Waals surface area contributed by atoms with Gasteiger partial charge in [-0.1, -0.05) is 17.3 Å². The van der Waals surface area contributed by atoms with E-state index in [0.29, 0.717) is 24.5 Å². The highest BCUT2D eigenvalue weighted by Crippen LogP contribution is 2.22. The van der Waals surface area contributed by atoms with E-state index < -0.39 is 11.8 Å². The number of carbonyl (C=O) groups is 2. The molecule has 8 heteroatoms. The summed E-state index contributed by atoms with van der Waals surface area (Å²) in [5, 5.41) is 8.68. The van der Waals surface area contributed by atoms with Crippen molar-refractivity contribution >= 4 is 23.3 Å². The molecule has 3 rings (SSSR count). The lowest BCUT2D eigenvalue weighted by Gasteiger charge is -2.34. The third-order valence-corrected chi connectivity index (χ3v) is 4.03. The predicted octanol–water partition coefficient (Wildman–Crippen LogP) is 1.85. The Morgan fingerprint density at radius 3 is 2.84 bits per heavy atom. The SMILES string of the molecule is Cc1cc(NC(=O)C(=O)N[C@@H]2CCCN(c3ccccc3F)C2)no1. The van der Waals surface area contributed by atoms with Gasteiger partial charge in [-0.25, -0.2) is 4.39 Å². The average molecular weight is 346 g/mol. The summed E-state index contributed by atoms with van der Waals surface area (Å²) in [6, 6.07) is 7.81. The molecule has 1 aliphatic rings. The summed E-state index contributed by atoms with van der Waals surface area (Å²) in [4.78, 5) is 25.9. The number of hydrogen-bond donors (Lipinski definition) is 2. The number of halogens is 1. The molecule has 25 heavy (non-hydrogen) atoms. The molecule has 0 unspecified atom stereocenters. The summed E-state index contributed by atoms with van der Waals surface area (Å²) in [5.74, 6) is -1.14. The second-order valence-electron chi connectivity index (χ2n) is 5.99. The third kappa shape index (κ3) is 4.14. The van der Waals surface area contributed by atoms with Crippen LogP contribution in [0.3, 0.4) is 0 Å². The normalized spacial score (nSPS) is 17.2. The van der Waals surface area contributed by atoms with Gasteiger partial charge in [0.05, 0.1) is 5.69 Å². The maximum absolute atomic E-state index is 13.9. The van der Waals surface area contributed by atoms with Crippen molar-refractivity contribution in [1.82, 2.24) is 10.5 Å². The van der Waals surface area contributed by atoms with Gasteiger partial charge in [-0.2, -0.15) is 0 Å². The largest absolute Gasteiger partial charge is 0.367 e. The van der Waals surface area contributed by atoms with Crippen molar-refractivity contribution in [2.24, 2.45) is 0 Å². The van der Waals surface area contributed by atoms with E-state index in [-0.39, 0.29) is 17.7 Å². The van der Waals surface area contributed by atoms with Crippen LogP contribution in [0.5, 0.6) is 0 Å². The fourth-order valence-electron chi connectivity index (χ4n) is 2.87. The molecule has 0 saturated carbocycles. The Labute approximate surface area is 144 Å². The van der Waals surface area contributed by atoms with Crippen LogP contribution in [0.1, 0.15) is 18.6 Å². The second-order valence-corrected chi connectivity index (χ2v) is 5.99. The molecule has 7 nitrogen and oxygen atoms in total. The van der Waals surface area contributed by atoms with Crippen LogP contribution in [-0.4, -0.2) is 36.1 Å². The van der Waals surface area contributed by atoms with Crippen molar-refractivity contribution in [3.8, 4) is 0 Å².